The van der Waals surface area contributed by atoms with Crippen molar-refractivity contribution in [1.82, 2.24) is 24.6 Å². The molecule has 0 aliphatic rings. The van der Waals surface area contributed by atoms with Crippen molar-refractivity contribution in [2.75, 3.05) is 26.5 Å². The third-order valence-corrected chi connectivity index (χ3v) is 5.97. The highest BCUT2D eigenvalue weighted by Crippen LogP contribution is 2.24. The van der Waals surface area contributed by atoms with Crippen LogP contribution in [0.1, 0.15) is 5.56 Å². The zero-order chi connectivity index (χ0) is 21.8. The molecule has 0 amide bonds. The minimum atomic E-state index is -3.25. The minimum Gasteiger partial charge on any atom is -0.476 e. The Labute approximate surface area is 181 Å². The Bertz CT molecular complexity index is 1270. The van der Waals surface area contributed by atoms with Crippen LogP contribution in [0.3, 0.4) is 0 Å². The van der Waals surface area contributed by atoms with Gasteiger partial charge in [0, 0.05) is 19.3 Å². The van der Waals surface area contributed by atoms with Crippen LogP contribution in [0, 0.1) is 0 Å². The number of hydrogen-bond donors (Lipinski definition) is 0. The maximum atomic E-state index is 11.7. The summed E-state index contributed by atoms with van der Waals surface area (Å²) in [4.78, 5) is 11.0. The summed E-state index contributed by atoms with van der Waals surface area (Å²) in [6.07, 6.45) is 4.27. The molecule has 0 N–H and O–H groups in total. The van der Waals surface area contributed by atoms with E-state index in [-0.39, 0.29) is 4.90 Å². The lowest BCUT2D eigenvalue weighted by Crippen LogP contribution is -2.24. The standard InChI is InChI=1S/C22H23N5O3S/c1-26(15-17-6-4-3-5-7-17)12-13-30-22-20-14-25-27(21(20)23-16-24-22)18-8-10-19(11-9-18)31(2,28)29/h3-11,14,16H,12-13,15H2,1-2H3. The summed E-state index contributed by atoms with van der Waals surface area (Å²) in [5.41, 5.74) is 2.54. The van der Waals surface area contributed by atoms with Gasteiger partial charge in [0.15, 0.2) is 15.5 Å². The van der Waals surface area contributed by atoms with Gasteiger partial charge in [-0.25, -0.2) is 23.1 Å². The number of aromatic nitrogens is 4. The van der Waals surface area contributed by atoms with E-state index in [1.165, 1.54) is 18.1 Å². The van der Waals surface area contributed by atoms with Crippen molar-refractivity contribution in [3.63, 3.8) is 0 Å². The summed E-state index contributed by atoms with van der Waals surface area (Å²) in [5, 5.41) is 5.09. The predicted molar refractivity (Wildman–Crippen MR) is 118 cm³/mol. The topological polar surface area (TPSA) is 90.2 Å². The van der Waals surface area contributed by atoms with Gasteiger partial charge in [0.1, 0.15) is 18.3 Å². The molecular formula is C22H23N5O3S. The number of ether oxygens (including phenoxy) is 1. The van der Waals surface area contributed by atoms with Crippen molar-refractivity contribution in [3.8, 4) is 11.6 Å². The van der Waals surface area contributed by atoms with Gasteiger partial charge >= 0.3 is 0 Å². The molecule has 0 aliphatic carbocycles. The number of fused-ring (bicyclic) bond motifs is 1. The maximum absolute atomic E-state index is 11.7. The molecule has 4 aromatic rings. The van der Waals surface area contributed by atoms with E-state index < -0.39 is 9.84 Å². The monoisotopic (exact) mass is 437 g/mol. The molecular weight excluding hydrogens is 414 g/mol. The van der Waals surface area contributed by atoms with Crippen LogP contribution >= 0.6 is 0 Å². The van der Waals surface area contributed by atoms with Crippen LogP contribution in [0.4, 0.5) is 0 Å². The van der Waals surface area contributed by atoms with Crippen LogP contribution in [-0.2, 0) is 16.4 Å². The van der Waals surface area contributed by atoms with Crippen LogP contribution in [-0.4, -0.2) is 59.5 Å². The molecule has 0 fully saturated rings. The number of nitrogens with zero attached hydrogens (tertiary/aromatic N) is 5. The van der Waals surface area contributed by atoms with Gasteiger partial charge in [-0.05, 0) is 36.9 Å². The molecule has 2 aromatic heterocycles. The molecule has 2 aromatic carbocycles. The molecule has 0 saturated heterocycles. The van der Waals surface area contributed by atoms with Crippen molar-refractivity contribution < 1.29 is 13.2 Å². The van der Waals surface area contributed by atoms with Crippen molar-refractivity contribution >= 4 is 20.9 Å². The summed E-state index contributed by atoms with van der Waals surface area (Å²) in [7, 11) is -1.21. The number of hydrogen-bond acceptors (Lipinski definition) is 7. The summed E-state index contributed by atoms with van der Waals surface area (Å²) in [5.74, 6) is 0.470. The molecule has 0 radical (unpaired) electrons. The Balaban J connectivity index is 1.46. The van der Waals surface area contributed by atoms with E-state index in [9.17, 15) is 8.42 Å². The van der Waals surface area contributed by atoms with Crippen molar-refractivity contribution in [2.24, 2.45) is 0 Å². The maximum Gasteiger partial charge on any atom is 0.227 e. The van der Waals surface area contributed by atoms with Crippen LogP contribution in [0.25, 0.3) is 16.7 Å². The van der Waals surface area contributed by atoms with Gasteiger partial charge in [-0.15, -0.1) is 0 Å². The molecule has 31 heavy (non-hydrogen) atoms. The third kappa shape index (κ3) is 4.89. The summed E-state index contributed by atoms with van der Waals surface area (Å²) in [6, 6.07) is 16.8. The van der Waals surface area contributed by atoms with E-state index in [1.807, 2.05) is 25.2 Å². The fourth-order valence-electron chi connectivity index (χ4n) is 3.23. The molecule has 0 unspecified atom stereocenters. The fraction of sp³-hybridized carbons (Fsp3) is 0.227. The smallest absolute Gasteiger partial charge is 0.227 e. The first-order chi connectivity index (χ1) is 14.9. The van der Waals surface area contributed by atoms with E-state index in [1.54, 1.807) is 35.1 Å². The normalized spacial score (nSPS) is 11.8. The largest absolute Gasteiger partial charge is 0.476 e. The van der Waals surface area contributed by atoms with Crippen LogP contribution in [0.2, 0.25) is 0 Å². The molecule has 2 heterocycles. The zero-order valence-corrected chi connectivity index (χ0v) is 18.2. The summed E-state index contributed by atoms with van der Waals surface area (Å²) < 4.78 is 30.9. The molecule has 4 rings (SSSR count). The molecule has 0 bridgehead atoms. The molecule has 0 spiro atoms. The second-order valence-electron chi connectivity index (χ2n) is 7.31. The summed E-state index contributed by atoms with van der Waals surface area (Å²) >= 11 is 0. The van der Waals surface area contributed by atoms with E-state index in [0.717, 1.165) is 13.1 Å². The highest BCUT2D eigenvalue weighted by molar-refractivity contribution is 7.90. The molecule has 0 aliphatic heterocycles. The quantitative estimate of drug-likeness (QED) is 0.419. The second-order valence-corrected chi connectivity index (χ2v) is 9.33. The first-order valence-corrected chi connectivity index (χ1v) is 11.7. The van der Waals surface area contributed by atoms with E-state index in [4.69, 9.17) is 4.74 Å². The molecule has 160 valence electrons. The highest BCUT2D eigenvalue weighted by Gasteiger charge is 2.13. The van der Waals surface area contributed by atoms with E-state index in [0.29, 0.717) is 29.2 Å². The lowest BCUT2D eigenvalue weighted by Gasteiger charge is -2.16. The van der Waals surface area contributed by atoms with Gasteiger partial charge in [0.2, 0.25) is 5.88 Å². The predicted octanol–water partition coefficient (Wildman–Crippen LogP) is 2.73. The third-order valence-electron chi connectivity index (χ3n) is 4.85. The van der Waals surface area contributed by atoms with Crippen molar-refractivity contribution in [3.05, 3.63) is 72.7 Å². The SMILES string of the molecule is CN(CCOc1ncnc2c1cnn2-c1ccc(S(C)(=O)=O)cc1)Cc1ccccc1. The highest BCUT2D eigenvalue weighted by atomic mass is 32.2. The minimum absolute atomic E-state index is 0.256. The zero-order valence-electron chi connectivity index (χ0n) is 17.3. The average molecular weight is 438 g/mol. The number of likely N-dealkylation sites (N-methyl/N-ethyl adjacent to an activating group) is 1. The summed E-state index contributed by atoms with van der Waals surface area (Å²) in [6.45, 7) is 2.05. The van der Waals surface area contributed by atoms with Crippen LogP contribution in [0.15, 0.2) is 72.0 Å². The first kappa shape index (κ1) is 21.0. The second kappa shape index (κ2) is 8.83. The molecule has 0 saturated carbocycles. The molecule has 8 nitrogen and oxygen atoms in total. The van der Waals surface area contributed by atoms with Gasteiger partial charge in [-0.1, -0.05) is 30.3 Å². The van der Waals surface area contributed by atoms with Gasteiger partial charge in [0.05, 0.1) is 16.8 Å². The van der Waals surface area contributed by atoms with E-state index >= 15 is 0 Å². The Kier molecular flexibility index (Phi) is 5.97. The first-order valence-electron chi connectivity index (χ1n) is 9.76. The van der Waals surface area contributed by atoms with Gasteiger partial charge in [-0.2, -0.15) is 5.10 Å². The molecule has 0 atom stereocenters. The number of rotatable bonds is 8. The Morgan fingerprint density at radius 3 is 2.48 bits per heavy atom. The van der Waals surface area contributed by atoms with Crippen molar-refractivity contribution in [2.45, 2.75) is 11.4 Å². The van der Waals surface area contributed by atoms with E-state index in [2.05, 4.69) is 32.1 Å². The van der Waals surface area contributed by atoms with Crippen molar-refractivity contribution in [1.29, 1.82) is 0 Å². The van der Waals surface area contributed by atoms with Crippen LogP contribution in [0.5, 0.6) is 5.88 Å². The van der Waals surface area contributed by atoms with Gasteiger partial charge in [-0.3, -0.25) is 4.90 Å². The fourth-order valence-corrected chi connectivity index (χ4v) is 3.86. The Morgan fingerprint density at radius 1 is 1.03 bits per heavy atom. The number of benzene rings is 2. The Hall–Kier alpha value is -3.30. The average Bonchev–Trinajstić information content (AvgIpc) is 3.19. The van der Waals surface area contributed by atoms with Gasteiger partial charge in [0.25, 0.3) is 0 Å². The lowest BCUT2D eigenvalue weighted by molar-refractivity contribution is 0.229. The lowest BCUT2D eigenvalue weighted by atomic mass is 10.2. The van der Waals surface area contributed by atoms with Crippen LogP contribution < -0.4 is 4.74 Å². The Morgan fingerprint density at radius 2 is 1.77 bits per heavy atom. The molecule has 9 heteroatoms. The van der Waals surface area contributed by atoms with Gasteiger partial charge < -0.3 is 4.74 Å². The number of sulfone groups is 1.